The van der Waals surface area contributed by atoms with Crippen molar-refractivity contribution in [2.45, 2.75) is 18.7 Å². The van der Waals surface area contributed by atoms with Crippen LogP contribution in [0.25, 0.3) is 0 Å². The summed E-state index contributed by atoms with van der Waals surface area (Å²) < 4.78 is 16.0. The average molecular weight is 441 g/mol. The molecule has 0 saturated heterocycles. The Morgan fingerprint density at radius 2 is 1.79 bits per heavy atom. The number of hydrogen-bond donors (Lipinski definition) is 0. The van der Waals surface area contributed by atoms with Crippen LogP contribution in [0.3, 0.4) is 0 Å². The standard InChI is InChI=1S/C21H22Cl2O4S/c1-4-25-21(24)12-27-19-8-6-17(9-15(19)3)28-13-14(2)11-26-20-7-5-16(22)10-18(20)23/h5-10H,2,4,11-13H2,1,3H3. The van der Waals surface area contributed by atoms with E-state index in [1.165, 1.54) is 0 Å². The number of halogens is 2. The van der Waals surface area contributed by atoms with Crippen molar-refractivity contribution in [3.8, 4) is 11.5 Å². The summed E-state index contributed by atoms with van der Waals surface area (Å²) in [6, 6.07) is 10.9. The van der Waals surface area contributed by atoms with E-state index in [1.807, 2.05) is 25.1 Å². The number of aryl methyl sites for hydroxylation is 1. The first-order valence-electron chi connectivity index (χ1n) is 8.65. The van der Waals surface area contributed by atoms with Gasteiger partial charge in [0.15, 0.2) is 6.61 Å². The van der Waals surface area contributed by atoms with Gasteiger partial charge in [-0.15, -0.1) is 11.8 Å². The van der Waals surface area contributed by atoms with Crippen molar-refractivity contribution in [1.29, 1.82) is 0 Å². The van der Waals surface area contributed by atoms with Gasteiger partial charge in [0.2, 0.25) is 0 Å². The zero-order valence-corrected chi connectivity index (χ0v) is 18.1. The van der Waals surface area contributed by atoms with Gasteiger partial charge in [-0.3, -0.25) is 0 Å². The molecule has 0 bridgehead atoms. The summed E-state index contributed by atoms with van der Waals surface area (Å²) in [5.74, 6) is 1.57. The summed E-state index contributed by atoms with van der Waals surface area (Å²) in [6.45, 7) is 8.36. The number of hydrogen-bond acceptors (Lipinski definition) is 5. The number of carbonyl (C=O) groups is 1. The second kappa shape index (κ2) is 11.2. The van der Waals surface area contributed by atoms with Gasteiger partial charge in [-0.1, -0.05) is 29.8 Å². The van der Waals surface area contributed by atoms with E-state index in [4.69, 9.17) is 37.4 Å². The van der Waals surface area contributed by atoms with Crippen molar-refractivity contribution < 1.29 is 19.0 Å². The van der Waals surface area contributed by atoms with Gasteiger partial charge in [-0.25, -0.2) is 4.79 Å². The van der Waals surface area contributed by atoms with Gasteiger partial charge < -0.3 is 14.2 Å². The number of benzene rings is 2. The van der Waals surface area contributed by atoms with Gasteiger partial charge in [0, 0.05) is 15.7 Å². The summed E-state index contributed by atoms with van der Waals surface area (Å²) >= 11 is 13.6. The Kier molecular flexibility index (Phi) is 9.03. The van der Waals surface area contributed by atoms with Crippen molar-refractivity contribution in [2.75, 3.05) is 25.6 Å². The van der Waals surface area contributed by atoms with E-state index in [9.17, 15) is 4.79 Å². The lowest BCUT2D eigenvalue weighted by Crippen LogP contribution is -2.14. The topological polar surface area (TPSA) is 44.8 Å². The molecule has 0 unspecified atom stereocenters. The fourth-order valence-electron chi connectivity index (χ4n) is 2.21. The maximum atomic E-state index is 11.4. The first-order chi connectivity index (χ1) is 13.4. The average Bonchev–Trinajstić information content (AvgIpc) is 2.65. The van der Waals surface area contributed by atoms with E-state index in [0.29, 0.717) is 40.5 Å². The number of rotatable bonds is 10. The predicted octanol–water partition coefficient (Wildman–Crippen LogP) is 5.97. The molecule has 0 saturated carbocycles. The first kappa shape index (κ1) is 22.5. The third-order valence-electron chi connectivity index (χ3n) is 3.57. The maximum Gasteiger partial charge on any atom is 0.344 e. The molecule has 0 aliphatic heterocycles. The molecule has 2 aromatic carbocycles. The first-order valence-corrected chi connectivity index (χ1v) is 10.4. The third kappa shape index (κ3) is 7.30. The Hall–Kier alpha value is -1.82. The molecule has 0 radical (unpaired) electrons. The molecule has 2 rings (SSSR count). The monoisotopic (exact) mass is 440 g/mol. The van der Waals surface area contributed by atoms with E-state index in [0.717, 1.165) is 16.0 Å². The van der Waals surface area contributed by atoms with Gasteiger partial charge >= 0.3 is 5.97 Å². The molecule has 150 valence electrons. The van der Waals surface area contributed by atoms with Crippen LogP contribution in [0.4, 0.5) is 0 Å². The second-order valence-corrected chi connectivity index (χ2v) is 7.82. The highest BCUT2D eigenvalue weighted by Gasteiger charge is 2.08. The zero-order valence-electron chi connectivity index (χ0n) is 15.8. The lowest BCUT2D eigenvalue weighted by molar-refractivity contribution is -0.145. The summed E-state index contributed by atoms with van der Waals surface area (Å²) in [4.78, 5) is 12.5. The van der Waals surface area contributed by atoms with Crippen LogP contribution in [0.5, 0.6) is 11.5 Å². The van der Waals surface area contributed by atoms with E-state index in [-0.39, 0.29) is 12.6 Å². The second-order valence-electron chi connectivity index (χ2n) is 5.92. The Morgan fingerprint density at radius 3 is 2.46 bits per heavy atom. The Labute approximate surface area is 179 Å². The van der Waals surface area contributed by atoms with Crippen molar-refractivity contribution in [1.82, 2.24) is 0 Å². The highest BCUT2D eigenvalue weighted by Crippen LogP contribution is 2.29. The SMILES string of the molecule is C=C(COc1ccc(Cl)cc1Cl)CSc1ccc(OCC(=O)OCC)c(C)c1. The van der Waals surface area contributed by atoms with Crippen LogP contribution in [0, 0.1) is 6.92 Å². The minimum atomic E-state index is -0.377. The van der Waals surface area contributed by atoms with Crippen LogP contribution in [0.15, 0.2) is 53.4 Å². The molecule has 0 heterocycles. The molecule has 28 heavy (non-hydrogen) atoms. The molecule has 0 amide bonds. The van der Waals surface area contributed by atoms with Gasteiger partial charge in [0.05, 0.1) is 11.6 Å². The number of carbonyl (C=O) groups excluding carboxylic acids is 1. The smallest absolute Gasteiger partial charge is 0.344 e. The van der Waals surface area contributed by atoms with Crippen molar-refractivity contribution in [2.24, 2.45) is 0 Å². The van der Waals surface area contributed by atoms with Crippen LogP contribution in [-0.4, -0.2) is 31.5 Å². The Morgan fingerprint density at radius 1 is 1.07 bits per heavy atom. The molecular weight excluding hydrogens is 419 g/mol. The molecule has 0 aliphatic carbocycles. The van der Waals surface area contributed by atoms with E-state index >= 15 is 0 Å². The fourth-order valence-corrected chi connectivity index (χ4v) is 3.55. The van der Waals surface area contributed by atoms with Crippen molar-refractivity contribution in [3.63, 3.8) is 0 Å². The van der Waals surface area contributed by atoms with E-state index < -0.39 is 0 Å². The maximum absolute atomic E-state index is 11.4. The fraction of sp³-hybridized carbons (Fsp3) is 0.286. The van der Waals surface area contributed by atoms with Crippen LogP contribution < -0.4 is 9.47 Å². The molecule has 0 aliphatic rings. The summed E-state index contributed by atoms with van der Waals surface area (Å²) in [5, 5.41) is 1.04. The van der Waals surface area contributed by atoms with Gasteiger partial charge in [0.25, 0.3) is 0 Å². The molecule has 2 aromatic rings. The minimum Gasteiger partial charge on any atom is -0.488 e. The van der Waals surface area contributed by atoms with Gasteiger partial charge in [-0.2, -0.15) is 0 Å². The molecule has 0 spiro atoms. The molecule has 0 N–H and O–H groups in total. The lowest BCUT2D eigenvalue weighted by Gasteiger charge is -2.12. The summed E-state index contributed by atoms with van der Waals surface area (Å²) in [7, 11) is 0. The van der Waals surface area contributed by atoms with Gasteiger partial charge in [0.1, 0.15) is 18.1 Å². The molecule has 7 heteroatoms. The van der Waals surface area contributed by atoms with Crippen LogP contribution in [0.1, 0.15) is 12.5 Å². The molecule has 0 fully saturated rings. The van der Waals surface area contributed by atoms with Crippen molar-refractivity contribution in [3.05, 3.63) is 64.2 Å². The normalized spacial score (nSPS) is 10.4. The molecule has 4 nitrogen and oxygen atoms in total. The van der Waals surface area contributed by atoms with Gasteiger partial charge in [-0.05, 0) is 61.4 Å². The number of esters is 1. The largest absolute Gasteiger partial charge is 0.488 e. The molecular formula is C21H22Cl2O4S. The van der Waals surface area contributed by atoms with E-state index in [1.54, 1.807) is 36.9 Å². The molecule has 0 atom stereocenters. The lowest BCUT2D eigenvalue weighted by atomic mass is 10.2. The number of thioether (sulfide) groups is 1. The number of ether oxygens (including phenoxy) is 3. The molecule has 0 aromatic heterocycles. The van der Waals surface area contributed by atoms with Crippen LogP contribution in [0.2, 0.25) is 10.0 Å². The zero-order chi connectivity index (χ0) is 20.5. The van der Waals surface area contributed by atoms with Crippen molar-refractivity contribution >= 4 is 40.9 Å². The minimum absolute atomic E-state index is 0.0947. The summed E-state index contributed by atoms with van der Waals surface area (Å²) in [6.07, 6.45) is 0. The van der Waals surface area contributed by atoms with Crippen LogP contribution >= 0.6 is 35.0 Å². The Bertz CT molecular complexity index is 839. The quantitative estimate of drug-likeness (QED) is 0.258. The Balaban J connectivity index is 1.80. The van der Waals surface area contributed by atoms with Crippen LogP contribution in [-0.2, 0) is 9.53 Å². The summed E-state index contributed by atoms with van der Waals surface area (Å²) in [5.41, 5.74) is 1.88. The predicted molar refractivity (Wildman–Crippen MR) is 115 cm³/mol. The third-order valence-corrected chi connectivity index (χ3v) is 5.24. The highest BCUT2D eigenvalue weighted by molar-refractivity contribution is 7.99. The van der Waals surface area contributed by atoms with E-state index in [2.05, 4.69) is 6.58 Å². The highest BCUT2D eigenvalue weighted by atomic mass is 35.5.